The van der Waals surface area contributed by atoms with Gasteiger partial charge in [0.1, 0.15) is 4.90 Å². The lowest BCUT2D eigenvalue weighted by Crippen LogP contribution is -2.27. The molecular formula is C12H14Cl2N2O2S. The standard InChI is InChI=1S/C12H14Cl2N2O2S/c1-4-7-16(3)19(17,18)11-6-5-10(13)9(8-15-2)12(11)14/h1,5-6,15H,7-8H2,2-3H3. The Kier molecular flexibility index (Phi) is 5.65. The van der Waals surface area contributed by atoms with Gasteiger partial charge in [0.15, 0.2) is 0 Å². The highest BCUT2D eigenvalue weighted by molar-refractivity contribution is 7.89. The van der Waals surface area contributed by atoms with E-state index in [0.717, 1.165) is 4.31 Å². The van der Waals surface area contributed by atoms with E-state index < -0.39 is 10.0 Å². The van der Waals surface area contributed by atoms with Gasteiger partial charge >= 0.3 is 0 Å². The third-order valence-corrected chi connectivity index (χ3v) is 5.25. The molecule has 0 radical (unpaired) electrons. The van der Waals surface area contributed by atoms with Crippen molar-refractivity contribution in [3.63, 3.8) is 0 Å². The molecule has 0 fully saturated rings. The van der Waals surface area contributed by atoms with Gasteiger partial charge < -0.3 is 5.32 Å². The lowest BCUT2D eigenvalue weighted by atomic mass is 10.2. The predicted octanol–water partition coefficient (Wildman–Crippen LogP) is 1.97. The summed E-state index contributed by atoms with van der Waals surface area (Å²) in [7, 11) is -0.596. The van der Waals surface area contributed by atoms with Gasteiger partial charge in [-0.2, -0.15) is 4.31 Å². The molecule has 0 unspecified atom stereocenters. The van der Waals surface area contributed by atoms with Crippen molar-refractivity contribution >= 4 is 33.2 Å². The fourth-order valence-corrected chi connectivity index (χ4v) is 3.46. The molecule has 0 saturated carbocycles. The van der Waals surface area contributed by atoms with E-state index in [9.17, 15) is 8.42 Å². The summed E-state index contributed by atoms with van der Waals surface area (Å²) in [5.74, 6) is 2.28. The molecule has 0 aromatic heterocycles. The van der Waals surface area contributed by atoms with Gasteiger partial charge in [-0.05, 0) is 19.2 Å². The number of nitrogens with zero attached hydrogens (tertiary/aromatic N) is 1. The average molecular weight is 321 g/mol. The fraction of sp³-hybridized carbons (Fsp3) is 0.333. The first-order valence-electron chi connectivity index (χ1n) is 5.37. The predicted molar refractivity (Wildman–Crippen MR) is 77.9 cm³/mol. The van der Waals surface area contributed by atoms with E-state index in [4.69, 9.17) is 29.6 Å². The third-order valence-electron chi connectivity index (χ3n) is 2.51. The smallest absolute Gasteiger partial charge is 0.245 e. The molecule has 0 amide bonds. The van der Waals surface area contributed by atoms with E-state index >= 15 is 0 Å². The number of sulfonamides is 1. The number of halogens is 2. The molecule has 0 aliphatic carbocycles. The molecule has 19 heavy (non-hydrogen) atoms. The minimum Gasteiger partial charge on any atom is -0.316 e. The molecule has 0 saturated heterocycles. The minimum absolute atomic E-state index is 0.00145. The van der Waals surface area contributed by atoms with Gasteiger partial charge in [0.2, 0.25) is 10.0 Å². The van der Waals surface area contributed by atoms with E-state index in [1.165, 1.54) is 19.2 Å². The molecule has 0 bridgehead atoms. The lowest BCUT2D eigenvalue weighted by molar-refractivity contribution is 0.503. The topological polar surface area (TPSA) is 49.4 Å². The molecule has 1 aromatic carbocycles. The summed E-state index contributed by atoms with van der Waals surface area (Å²) in [6, 6.07) is 2.89. The molecule has 0 aliphatic heterocycles. The van der Waals surface area contributed by atoms with Gasteiger partial charge in [0, 0.05) is 24.2 Å². The zero-order valence-electron chi connectivity index (χ0n) is 10.6. The maximum atomic E-state index is 12.3. The maximum Gasteiger partial charge on any atom is 0.245 e. The molecule has 1 N–H and O–H groups in total. The van der Waals surface area contributed by atoms with Crippen LogP contribution >= 0.6 is 23.2 Å². The highest BCUT2D eigenvalue weighted by atomic mass is 35.5. The minimum atomic E-state index is -3.72. The van der Waals surface area contributed by atoms with Crippen molar-refractivity contribution in [2.45, 2.75) is 11.4 Å². The van der Waals surface area contributed by atoms with Gasteiger partial charge in [-0.15, -0.1) is 6.42 Å². The number of rotatable bonds is 5. The summed E-state index contributed by atoms with van der Waals surface area (Å²) < 4.78 is 25.6. The summed E-state index contributed by atoms with van der Waals surface area (Å²) in [4.78, 5) is 0.00145. The van der Waals surface area contributed by atoms with E-state index in [2.05, 4.69) is 11.2 Å². The first kappa shape index (κ1) is 16.3. The van der Waals surface area contributed by atoms with Gasteiger partial charge in [0.25, 0.3) is 0 Å². The Morgan fingerprint density at radius 2 is 2.05 bits per heavy atom. The van der Waals surface area contributed by atoms with Crippen molar-refractivity contribution in [1.29, 1.82) is 0 Å². The Balaban J connectivity index is 3.37. The molecule has 7 heteroatoms. The Morgan fingerprint density at radius 1 is 1.42 bits per heavy atom. The second-order valence-electron chi connectivity index (χ2n) is 3.83. The zero-order chi connectivity index (χ0) is 14.6. The fourth-order valence-electron chi connectivity index (χ4n) is 1.50. The van der Waals surface area contributed by atoms with E-state index in [-0.39, 0.29) is 16.5 Å². The summed E-state index contributed by atoms with van der Waals surface area (Å²) >= 11 is 12.1. The van der Waals surface area contributed by atoms with Gasteiger partial charge in [-0.1, -0.05) is 29.1 Å². The Hall–Kier alpha value is -0.770. The van der Waals surface area contributed by atoms with E-state index in [0.29, 0.717) is 17.1 Å². The van der Waals surface area contributed by atoms with Gasteiger partial charge in [-0.3, -0.25) is 0 Å². The molecule has 0 atom stereocenters. The Labute approximate surface area is 123 Å². The highest BCUT2D eigenvalue weighted by Gasteiger charge is 2.25. The molecule has 1 rings (SSSR count). The molecule has 1 aromatic rings. The quantitative estimate of drug-likeness (QED) is 0.844. The van der Waals surface area contributed by atoms with Crippen LogP contribution in [0.3, 0.4) is 0 Å². The molecule has 0 heterocycles. The van der Waals surface area contributed by atoms with E-state index in [1.54, 1.807) is 7.05 Å². The first-order chi connectivity index (χ1) is 8.86. The van der Waals surface area contributed by atoms with Crippen LogP contribution in [0.25, 0.3) is 0 Å². The summed E-state index contributed by atoms with van der Waals surface area (Å²) in [6.45, 7) is 0.350. The Morgan fingerprint density at radius 3 is 2.58 bits per heavy atom. The summed E-state index contributed by atoms with van der Waals surface area (Å²) in [6.07, 6.45) is 5.12. The SMILES string of the molecule is C#CCN(C)S(=O)(=O)c1ccc(Cl)c(CNC)c1Cl. The van der Waals surface area contributed by atoms with Crippen LogP contribution in [-0.2, 0) is 16.6 Å². The number of hydrogen-bond donors (Lipinski definition) is 1. The van der Waals surface area contributed by atoms with Crippen LogP contribution in [0, 0.1) is 12.3 Å². The normalized spacial score (nSPS) is 11.6. The van der Waals surface area contributed by atoms with Crippen LogP contribution in [0.15, 0.2) is 17.0 Å². The summed E-state index contributed by atoms with van der Waals surface area (Å²) in [5.41, 5.74) is 0.543. The van der Waals surface area contributed by atoms with Crippen LogP contribution in [0.5, 0.6) is 0 Å². The number of benzene rings is 1. The van der Waals surface area contributed by atoms with Crippen LogP contribution in [0.1, 0.15) is 5.56 Å². The second kappa shape index (κ2) is 6.60. The number of terminal acetylenes is 1. The van der Waals surface area contributed by atoms with Crippen LogP contribution in [-0.4, -0.2) is 33.4 Å². The van der Waals surface area contributed by atoms with Crippen molar-refractivity contribution in [2.24, 2.45) is 0 Å². The Bertz CT molecular complexity index is 609. The van der Waals surface area contributed by atoms with Crippen molar-refractivity contribution in [1.82, 2.24) is 9.62 Å². The third kappa shape index (κ3) is 3.41. The number of hydrogen-bond acceptors (Lipinski definition) is 3. The maximum absolute atomic E-state index is 12.3. The average Bonchev–Trinajstić information content (AvgIpc) is 2.34. The second-order valence-corrected chi connectivity index (χ2v) is 6.63. The van der Waals surface area contributed by atoms with Crippen molar-refractivity contribution in [2.75, 3.05) is 20.6 Å². The van der Waals surface area contributed by atoms with Crippen molar-refractivity contribution in [3.8, 4) is 12.3 Å². The van der Waals surface area contributed by atoms with Crippen LogP contribution < -0.4 is 5.32 Å². The van der Waals surface area contributed by atoms with Crippen molar-refractivity contribution in [3.05, 3.63) is 27.7 Å². The van der Waals surface area contributed by atoms with Gasteiger partial charge in [0.05, 0.1) is 11.6 Å². The largest absolute Gasteiger partial charge is 0.316 e. The zero-order valence-corrected chi connectivity index (χ0v) is 12.9. The molecule has 0 spiro atoms. The van der Waals surface area contributed by atoms with Crippen molar-refractivity contribution < 1.29 is 8.42 Å². The monoisotopic (exact) mass is 320 g/mol. The van der Waals surface area contributed by atoms with Gasteiger partial charge in [-0.25, -0.2) is 8.42 Å². The summed E-state index contributed by atoms with van der Waals surface area (Å²) in [5, 5.41) is 3.42. The molecule has 4 nitrogen and oxygen atoms in total. The molecule has 104 valence electrons. The first-order valence-corrected chi connectivity index (χ1v) is 7.57. The van der Waals surface area contributed by atoms with Crippen LogP contribution in [0.2, 0.25) is 10.0 Å². The van der Waals surface area contributed by atoms with Crippen LogP contribution in [0.4, 0.5) is 0 Å². The number of nitrogens with one attached hydrogen (secondary N) is 1. The molecule has 0 aliphatic rings. The molecular weight excluding hydrogens is 307 g/mol. The lowest BCUT2D eigenvalue weighted by Gasteiger charge is -2.17. The van der Waals surface area contributed by atoms with E-state index in [1.807, 2.05) is 0 Å². The highest BCUT2D eigenvalue weighted by Crippen LogP contribution is 2.32.